The van der Waals surface area contributed by atoms with Crippen LogP contribution in [0.15, 0.2) is 6.20 Å². The summed E-state index contributed by atoms with van der Waals surface area (Å²) >= 11 is 1.83. The summed E-state index contributed by atoms with van der Waals surface area (Å²) < 4.78 is 5.51. The summed E-state index contributed by atoms with van der Waals surface area (Å²) in [5.74, 6) is 0. The molecule has 4 heteroatoms. The van der Waals surface area contributed by atoms with Gasteiger partial charge in [-0.15, -0.1) is 11.3 Å². The molecule has 2 heterocycles. The second-order valence-electron chi connectivity index (χ2n) is 4.25. The van der Waals surface area contributed by atoms with Gasteiger partial charge in [0.25, 0.3) is 0 Å². The van der Waals surface area contributed by atoms with Gasteiger partial charge in [-0.25, -0.2) is 4.98 Å². The lowest BCUT2D eigenvalue weighted by atomic mass is 10.1. The van der Waals surface area contributed by atoms with E-state index in [0.717, 1.165) is 32.4 Å². The molecule has 90 valence electrons. The first-order chi connectivity index (χ1) is 7.79. The van der Waals surface area contributed by atoms with Gasteiger partial charge >= 0.3 is 0 Å². The van der Waals surface area contributed by atoms with Crippen molar-refractivity contribution in [2.24, 2.45) is 0 Å². The van der Waals surface area contributed by atoms with Crippen molar-refractivity contribution in [3.8, 4) is 0 Å². The molecular weight excluding hydrogens is 220 g/mol. The third kappa shape index (κ3) is 3.03. The van der Waals surface area contributed by atoms with Crippen molar-refractivity contribution in [3.63, 3.8) is 0 Å². The fourth-order valence-electron chi connectivity index (χ4n) is 1.99. The fraction of sp³-hybridized carbons (Fsp3) is 0.750. The molecular formula is C12H20N2OS. The summed E-state index contributed by atoms with van der Waals surface area (Å²) in [7, 11) is 0. The molecule has 1 fully saturated rings. The minimum Gasteiger partial charge on any atom is -0.377 e. The maximum absolute atomic E-state index is 5.51. The highest BCUT2D eigenvalue weighted by Gasteiger charge is 2.23. The number of nitrogens with zero attached hydrogens (tertiary/aromatic N) is 1. The van der Waals surface area contributed by atoms with E-state index in [1.54, 1.807) is 0 Å². The summed E-state index contributed by atoms with van der Waals surface area (Å²) in [5, 5.41) is 4.79. The van der Waals surface area contributed by atoms with E-state index in [1.165, 1.54) is 9.88 Å². The number of hydrogen-bond donors (Lipinski definition) is 1. The number of nitrogens with one attached hydrogen (secondary N) is 1. The Kier molecular flexibility index (Phi) is 4.32. The average Bonchev–Trinajstić information content (AvgIpc) is 2.89. The smallest absolute Gasteiger partial charge is 0.0940 e. The van der Waals surface area contributed by atoms with E-state index in [1.807, 2.05) is 17.5 Å². The molecule has 0 saturated carbocycles. The van der Waals surface area contributed by atoms with E-state index in [4.69, 9.17) is 4.74 Å². The highest BCUT2D eigenvalue weighted by atomic mass is 32.1. The van der Waals surface area contributed by atoms with Crippen LogP contribution in [0.4, 0.5) is 0 Å². The highest BCUT2D eigenvalue weighted by molar-refractivity contribution is 7.11. The normalized spacial score (nSPS) is 25.1. The summed E-state index contributed by atoms with van der Waals surface area (Å²) in [4.78, 5) is 5.80. The Bertz CT molecular complexity index is 327. The van der Waals surface area contributed by atoms with Crippen molar-refractivity contribution >= 4 is 11.3 Å². The number of thiazole rings is 1. The molecule has 2 atom stereocenters. The Morgan fingerprint density at radius 3 is 3.12 bits per heavy atom. The van der Waals surface area contributed by atoms with Crippen molar-refractivity contribution in [3.05, 3.63) is 16.1 Å². The Labute approximate surface area is 101 Å². The molecule has 1 saturated heterocycles. The van der Waals surface area contributed by atoms with Crippen molar-refractivity contribution in [2.75, 3.05) is 13.2 Å². The van der Waals surface area contributed by atoms with Crippen molar-refractivity contribution in [1.29, 1.82) is 0 Å². The van der Waals surface area contributed by atoms with Crippen LogP contribution in [-0.4, -0.2) is 30.3 Å². The Morgan fingerprint density at radius 2 is 2.50 bits per heavy atom. The maximum atomic E-state index is 5.51. The lowest BCUT2D eigenvalue weighted by molar-refractivity contribution is 0.113. The Morgan fingerprint density at radius 1 is 1.62 bits per heavy atom. The van der Waals surface area contributed by atoms with Gasteiger partial charge in [0.1, 0.15) is 0 Å². The molecule has 2 unspecified atom stereocenters. The second kappa shape index (κ2) is 5.75. The zero-order valence-corrected chi connectivity index (χ0v) is 10.8. The number of aromatic nitrogens is 1. The zero-order valence-electron chi connectivity index (χ0n) is 10.0. The largest absolute Gasteiger partial charge is 0.377 e. The van der Waals surface area contributed by atoms with Crippen LogP contribution in [0, 0.1) is 0 Å². The van der Waals surface area contributed by atoms with Crippen molar-refractivity contribution in [1.82, 2.24) is 10.3 Å². The minimum atomic E-state index is 0.363. The van der Waals surface area contributed by atoms with Gasteiger partial charge in [-0.1, -0.05) is 6.92 Å². The molecule has 1 aliphatic heterocycles. The van der Waals surface area contributed by atoms with E-state index in [0.29, 0.717) is 12.1 Å². The topological polar surface area (TPSA) is 34.2 Å². The van der Waals surface area contributed by atoms with Crippen LogP contribution in [-0.2, 0) is 17.6 Å². The molecule has 2 rings (SSSR count). The highest BCUT2D eigenvalue weighted by Crippen LogP contribution is 2.15. The first kappa shape index (κ1) is 12.0. The maximum Gasteiger partial charge on any atom is 0.0940 e. The van der Waals surface area contributed by atoms with Crippen LogP contribution in [0.1, 0.15) is 30.2 Å². The van der Waals surface area contributed by atoms with E-state index in [2.05, 4.69) is 24.1 Å². The van der Waals surface area contributed by atoms with Crippen LogP contribution in [0.5, 0.6) is 0 Å². The molecule has 0 aromatic carbocycles. The predicted molar refractivity (Wildman–Crippen MR) is 67.0 cm³/mol. The van der Waals surface area contributed by atoms with E-state index < -0.39 is 0 Å². The van der Waals surface area contributed by atoms with Gasteiger partial charge in [0.05, 0.1) is 11.1 Å². The molecule has 3 nitrogen and oxygen atoms in total. The summed E-state index contributed by atoms with van der Waals surface area (Å²) in [6.45, 7) is 6.22. The summed E-state index contributed by atoms with van der Waals surface area (Å²) in [5.41, 5.74) is 0. The SMILES string of the molecule is CCc1cnc(CCNC2CCOC2C)s1. The minimum absolute atomic E-state index is 0.363. The van der Waals surface area contributed by atoms with Gasteiger partial charge < -0.3 is 10.1 Å². The van der Waals surface area contributed by atoms with Crippen molar-refractivity contribution < 1.29 is 4.74 Å². The lowest BCUT2D eigenvalue weighted by Crippen LogP contribution is -2.35. The van der Waals surface area contributed by atoms with Crippen LogP contribution < -0.4 is 5.32 Å². The van der Waals surface area contributed by atoms with Gasteiger partial charge in [0, 0.05) is 36.7 Å². The predicted octanol–water partition coefficient (Wildman–Crippen LogP) is 2.02. The van der Waals surface area contributed by atoms with E-state index >= 15 is 0 Å². The number of rotatable bonds is 5. The van der Waals surface area contributed by atoms with Gasteiger partial charge in [-0.3, -0.25) is 0 Å². The summed E-state index contributed by atoms with van der Waals surface area (Å²) in [6, 6.07) is 0.533. The quantitative estimate of drug-likeness (QED) is 0.855. The first-order valence-electron chi connectivity index (χ1n) is 6.08. The lowest BCUT2D eigenvalue weighted by Gasteiger charge is -2.15. The van der Waals surface area contributed by atoms with Crippen LogP contribution in [0.25, 0.3) is 0 Å². The van der Waals surface area contributed by atoms with Crippen molar-refractivity contribution in [2.45, 2.75) is 45.3 Å². The summed E-state index contributed by atoms with van der Waals surface area (Å²) in [6.07, 6.45) is 5.63. The molecule has 0 radical (unpaired) electrons. The molecule has 0 aliphatic carbocycles. The molecule has 1 aromatic rings. The van der Waals surface area contributed by atoms with Crippen LogP contribution in [0.3, 0.4) is 0 Å². The number of ether oxygens (including phenoxy) is 1. The first-order valence-corrected chi connectivity index (χ1v) is 6.89. The number of aryl methyl sites for hydroxylation is 1. The average molecular weight is 240 g/mol. The molecule has 16 heavy (non-hydrogen) atoms. The Balaban J connectivity index is 1.71. The van der Waals surface area contributed by atoms with Gasteiger partial charge in [0.2, 0.25) is 0 Å². The Hall–Kier alpha value is -0.450. The molecule has 1 aliphatic rings. The second-order valence-corrected chi connectivity index (χ2v) is 5.45. The zero-order chi connectivity index (χ0) is 11.4. The van der Waals surface area contributed by atoms with Gasteiger partial charge in [-0.2, -0.15) is 0 Å². The molecule has 1 aromatic heterocycles. The fourth-order valence-corrected chi connectivity index (χ4v) is 2.85. The monoisotopic (exact) mass is 240 g/mol. The van der Waals surface area contributed by atoms with Crippen LogP contribution >= 0.6 is 11.3 Å². The molecule has 0 amide bonds. The molecule has 0 bridgehead atoms. The number of hydrogen-bond acceptors (Lipinski definition) is 4. The standard InChI is InChI=1S/C12H20N2OS/c1-3-10-8-14-12(16-10)4-6-13-11-5-7-15-9(11)2/h8-9,11,13H,3-7H2,1-2H3. The van der Waals surface area contributed by atoms with Gasteiger partial charge in [-0.05, 0) is 19.8 Å². The van der Waals surface area contributed by atoms with E-state index in [-0.39, 0.29) is 0 Å². The third-order valence-electron chi connectivity index (χ3n) is 3.07. The van der Waals surface area contributed by atoms with Crippen LogP contribution in [0.2, 0.25) is 0 Å². The molecule has 0 spiro atoms. The molecule has 1 N–H and O–H groups in total. The van der Waals surface area contributed by atoms with E-state index in [9.17, 15) is 0 Å². The van der Waals surface area contributed by atoms with Gasteiger partial charge in [0.15, 0.2) is 0 Å². The third-order valence-corrected chi connectivity index (χ3v) is 4.27.